The standard InChI is InChI=1S/C22H25ClF2O6/c1-2-31-15-6-3-12(4-7-15)9-13-10-14(5-8-17(13)23)21(30)20(29)19(28)18(27)16(11-26)22(21,24)25/h3-8,10,16,18-20,26-30H,2,9,11H2,1H3/t16-,18-,19+,20-,21-/m1/s1. The number of alkyl halides is 2. The fourth-order valence-corrected chi connectivity index (χ4v) is 4.17. The lowest BCUT2D eigenvalue weighted by Crippen LogP contribution is -2.70. The van der Waals surface area contributed by atoms with E-state index >= 15 is 8.78 Å². The van der Waals surface area contributed by atoms with Gasteiger partial charge in [-0.3, -0.25) is 0 Å². The van der Waals surface area contributed by atoms with Crippen LogP contribution in [0.15, 0.2) is 42.5 Å². The molecule has 1 aliphatic rings. The van der Waals surface area contributed by atoms with E-state index in [1.807, 2.05) is 6.92 Å². The van der Waals surface area contributed by atoms with Crippen LogP contribution in [0.25, 0.3) is 0 Å². The molecule has 5 N–H and O–H groups in total. The summed E-state index contributed by atoms with van der Waals surface area (Å²) in [6, 6.07) is 10.8. The molecular weight excluding hydrogens is 434 g/mol. The van der Waals surface area contributed by atoms with Crippen LogP contribution in [0.2, 0.25) is 5.02 Å². The molecule has 9 heteroatoms. The highest BCUT2D eigenvalue weighted by molar-refractivity contribution is 6.31. The highest BCUT2D eigenvalue weighted by Crippen LogP contribution is 2.51. The third-order valence-corrected chi connectivity index (χ3v) is 6.17. The Morgan fingerprint density at radius 1 is 1.03 bits per heavy atom. The summed E-state index contributed by atoms with van der Waals surface area (Å²) in [5.41, 5.74) is -2.44. The fourth-order valence-electron chi connectivity index (χ4n) is 3.99. The van der Waals surface area contributed by atoms with Gasteiger partial charge in [0.15, 0.2) is 5.60 Å². The van der Waals surface area contributed by atoms with Crippen LogP contribution in [-0.2, 0) is 12.0 Å². The first-order valence-electron chi connectivity index (χ1n) is 9.83. The van der Waals surface area contributed by atoms with Crippen molar-refractivity contribution >= 4 is 11.6 Å². The Balaban J connectivity index is 2.00. The minimum Gasteiger partial charge on any atom is -0.494 e. The summed E-state index contributed by atoms with van der Waals surface area (Å²) in [6.45, 7) is 1.17. The molecule has 170 valence electrons. The predicted molar refractivity (Wildman–Crippen MR) is 109 cm³/mol. The second-order valence-corrected chi connectivity index (χ2v) is 8.07. The van der Waals surface area contributed by atoms with Gasteiger partial charge in [0.05, 0.1) is 25.2 Å². The van der Waals surface area contributed by atoms with Crippen molar-refractivity contribution in [2.75, 3.05) is 13.2 Å². The molecule has 0 bridgehead atoms. The minimum atomic E-state index is -4.15. The van der Waals surface area contributed by atoms with Crippen molar-refractivity contribution in [2.45, 2.75) is 43.2 Å². The lowest BCUT2D eigenvalue weighted by Gasteiger charge is -2.51. The highest BCUT2D eigenvalue weighted by Gasteiger charge is 2.70. The normalized spacial score (nSPS) is 30.2. The summed E-state index contributed by atoms with van der Waals surface area (Å²) in [7, 11) is 0. The largest absolute Gasteiger partial charge is 0.494 e. The van der Waals surface area contributed by atoms with Crippen molar-refractivity contribution in [1.82, 2.24) is 0 Å². The zero-order chi connectivity index (χ0) is 23.0. The Kier molecular flexibility index (Phi) is 6.90. The molecule has 0 aliphatic heterocycles. The summed E-state index contributed by atoms with van der Waals surface area (Å²) in [6.07, 6.45) is -6.37. The molecule has 2 aromatic rings. The summed E-state index contributed by atoms with van der Waals surface area (Å²) in [4.78, 5) is 0. The van der Waals surface area contributed by atoms with E-state index < -0.39 is 42.4 Å². The van der Waals surface area contributed by atoms with Crippen LogP contribution in [0.1, 0.15) is 23.6 Å². The lowest BCUT2D eigenvalue weighted by atomic mass is 9.66. The maximum absolute atomic E-state index is 15.2. The SMILES string of the molecule is CCOc1ccc(Cc2cc([C@@]3(O)[C@H](O)[C@@H](O)[C@H](O)[C@@H](CO)C3(F)F)ccc2Cl)cc1. The Bertz CT molecular complexity index is 909. The number of ether oxygens (including phenoxy) is 1. The van der Waals surface area contributed by atoms with Crippen LogP contribution in [0, 0.1) is 5.92 Å². The van der Waals surface area contributed by atoms with Gasteiger partial charge in [0, 0.05) is 5.02 Å². The molecule has 0 heterocycles. The number of halogens is 3. The number of aliphatic hydroxyl groups is 5. The van der Waals surface area contributed by atoms with E-state index in [0.29, 0.717) is 17.9 Å². The van der Waals surface area contributed by atoms with Gasteiger partial charge < -0.3 is 30.3 Å². The van der Waals surface area contributed by atoms with E-state index in [4.69, 9.17) is 16.3 Å². The van der Waals surface area contributed by atoms with Gasteiger partial charge >= 0.3 is 0 Å². The predicted octanol–water partition coefficient (Wildman–Crippen LogP) is 1.86. The summed E-state index contributed by atoms with van der Waals surface area (Å²) in [5, 5.41) is 50.9. The summed E-state index contributed by atoms with van der Waals surface area (Å²) < 4.78 is 35.7. The average molecular weight is 459 g/mol. The molecule has 3 rings (SSSR count). The first-order valence-corrected chi connectivity index (χ1v) is 10.2. The fraction of sp³-hybridized carbons (Fsp3) is 0.455. The Morgan fingerprint density at radius 2 is 1.68 bits per heavy atom. The molecule has 0 spiro atoms. The quantitative estimate of drug-likeness (QED) is 0.452. The van der Waals surface area contributed by atoms with Crippen LogP contribution in [0.4, 0.5) is 8.78 Å². The zero-order valence-corrected chi connectivity index (χ0v) is 17.5. The van der Waals surface area contributed by atoms with E-state index in [0.717, 1.165) is 11.6 Å². The van der Waals surface area contributed by atoms with Crippen LogP contribution >= 0.6 is 11.6 Å². The molecule has 5 atom stereocenters. The van der Waals surface area contributed by atoms with Crippen molar-refractivity contribution in [3.8, 4) is 5.75 Å². The second-order valence-electron chi connectivity index (χ2n) is 7.66. The minimum absolute atomic E-state index is 0.242. The van der Waals surface area contributed by atoms with Crippen molar-refractivity contribution in [3.05, 3.63) is 64.2 Å². The van der Waals surface area contributed by atoms with E-state index in [2.05, 4.69) is 0 Å². The highest BCUT2D eigenvalue weighted by atomic mass is 35.5. The first kappa shape index (κ1) is 23.8. The number of hydrogen-bond donors (Lipinski definition) is 5. The van der Waals surface area contributed by atoms with E-state index in [1.165, 1.54) is 12.1 Å². The zero-order valence-electron chi connectivity index (χ0n) is 16.8. The van der Waals surface area contributed by atoms with Crippen LogP contribution in [0.3, 0.4) is 0 Å². The molecule has 1 saturated carbocycles. The third-order valence-electron chi connectivity index (χ3n) is 5.80. The molecule has 0 amide bonds. The van der Waals surface area contributed by atoms with Gasteiger partial charge in [-0.25, -0.2) is 8.78 Å². The van der Waals surface area contributed by atoms with E-state index in [-0.39, 0.29) is 17.0 Å². The topological polar surface area (TPSA) is 110 Å². The number of rotatable bonds is 6. The second kappa shape index (κ2) is 8.97. The molecule has 31 heavy (non-hydrogen) atoms. The molecular formula is C22H25ClF2O6. The first-order chi connectivity index (χ1) is 14.6. The van der Waals surface area contributed by atoms with Gasteiger partial charge in [-0.05, 0) is 48.2 Å². The maximum atomic E-state index is 15.2. The molecule has 1 fully saturated rings. The van der Waals surface area contributed by atoms with Crippen molar-refractivity contribution in [1.29, 1.82) is 0 Å². The monoisotopic (exact) mass is 458 g/mol. The molecule has 0 saturated heterocycles. The third kappa shape index (κ3) is 4.04. The molecule has 2 aromatic carbocycles. The molecule has 6 nitrogen and oxygen atoms in total. The number of aliphatic hydroxyl groups excluding tert-OH is 4. The van der Waals surface area contributed by atoms with Gasteiger partial charge in [-0.2, -0.15) is 0 Å². The summed E-state index contributed by atoms with van der Waals surface area (Å²) >= 11 is 6.24. The van der Waals surface area contributed by atoms with Gasteiger partial charge in [0.2, 0.25) is 0 Å². The average Bonchev–Trinajstić information content (AvgIpc) is 2.74. The van der Waals surface area contributed by atoms with Gasteiger partial charge in [-0.15, -0.1) is 0 Å². The van der Waals surface area contributed by atoms with E-state index in [1.54, 1.807) is 24.3 Å². The molecule has 0 aromatic heterocycles. The molecule has 0 unspecified atom stereocenters. The van der Waals surface area contributed by atoms with Crippen LogP contribution in [0.5, 0.6) is 5.75 Å². The lowest BCUT2D eigenvalue weighted by molar-refractivity contribution is -0.328. The van der Waals surface area contributed by atoms with Crippen LogP contribution in [-0.4, -0.2) is 63.0 Å². The summed E-state index contributed by atoms with van der Waals surface area (Å²) in [5.74, 6) is -5.65. The van der Waals surface area contributed by atoms with Gasteiger partial charge in [-0.1, -0.05) is 35.9 Å². The maximum Gasteiger partial charge on any atom is 0.290 e. The number of benzene rings is 2. The molecule has 1 aliphatic carbocycles. The Labute approximate surface area is 183 Å². The Hall–Kier alpha value is -1.81. The Morgan fingerprint density at radius 3 is 2.26 bits per heavy atom. The van der Waals surface area contributed by atoms with Crippen LogP contribution < -0.4 is 4.74 Å². The van der Waals surface area contributed by atoms with Crippen molar-refractivity contribution < 1.29 is 39.1 Å². The van der Waals surface area contributed by atoms with E-state index in [9.17, 15) is 25.5 Å². The molecule has 0 radical (unpaired) electrons. The van der Waals surface area contributed by atoms with Crippen molar-refractivity contribution in [3.63, 3.8) is 0 Å². The van der Waals surface area contributed by atoms with Crippen molar-refractivity contribution in [2.24, 2.45) is 5.92 Å². The smallest absolute Gasteiger partial charge is 0.290 e. The number of hydrogen-bond acceptors (Lipinski definition) is 6. The van der Waals surface area contributed by atoms with Gasteiger partial charge in [0.25, 0.3) is 5.92 Å². The van der Waals surface area contributed by atoms with Gasteiger partial charge in [0.1, 0.15) is 18.0 Å².